The number of aromatic nitrogens is 3. The smallest absolute Gasteiger partial charge is 0.249 e. The molecule has 1 unspecified atom stereocenters. The number of benzene rings is 1. The monoisotopic (exact) mass is 341 g/mol. The summed E-state index contributed by atoms with van der Waals surface area (Å²) >= 11 is 0. The van der Waals surface area contributed by atoms with Crippen molar-refractivity contribution in [3.05, 3.63) is 49.1 Å². The second-order valence-electron chi connectivity index (χ2n) is 6.81. The summed E-state index contributed by atoms with van der Waals surface area (Å²) in [5, 5.41) is 9.53. The van der Waals surface area contributed by atoms with Crippen molar-refractivity contribution in [2.75, 3.05) is 10.6 Å². The van der Waals surface area contributed by atoms with Crippen LogP contribution in [0.4, 0.5) is 11.4 Å². The molecule has 0 fully saturated rings. The molecule has 2 rings (SSSR count). The van der Waals surface area contributed by atoms with Crippen molar-refractivity contribution in [1.29, 1.82) is 0 Å². The molecule has 0 aliphatic rings. The van der Waals surface area contributed by atoms with Crippen LogP contribution in [0.2, 0.25) is 0 Å². The molecule has 25 heavy (non-hydrogen) atoms. The summed E-state index contributed by atoms with van der Waals surface area (Å²) in [6.07, 6.45) is 6.25. The van der Waals surface area contributed by atoms with E-state index >= 15 is 0 Å². The Kier molecular flexibility index (Phi) is 5.69. The van der Waals surface area contributed by atoms with Gasteiger partial charge in [0, 0.05) is 11.4 Å². The highest BCUT2D eigenvalue weighted by molar-refractivity contribution is 5.99. The van der Waals surface area contributed by atoms with Gasteiger partial charge in [-0.25, -0.2) is 9.67 Å². The van der Waals surface area contributed by atoms with E-state index in [2.05, 4.69) is 20.7 Å². The normalized spacial score (nSPS) is 12.8. The highest BCUT2D eigenvalue weighted by atomic mass is 16.2. The summed E-state index contributed by atoms with van der Waals surface area (Å²) in [5.41, 5.74) is 1.25. The molecule has 2 amide bonds. The Balaban J connectivity index is 1.92. The zero-order valence-electron chi connectivity index (χ0n) is 14.9. The topological polar surface area (TPSA) is 88.9 Å². The zero-order valence-corrected chi connectivity index (χ0v) is 14.9. The maximum atomic E-state index is 12.2. The van der Waals surface area contributed by atoms with Gasteiger partial charge in [0.2, 0.25) is 11.8 Å². The number of hydrogen-bond donors (Lipinski definition) is 2. The molecule has 0 bridgehead atoms. The predicted octanol–water partition coefficient (Wildman–Crippen LogP) is 3.02. The molecule has 0 spiro atoms. The molecule has 0 aliphatic carbocycles. The third-order valence-corrected chi connectivity index (χ3v) is 3.37. The van der Waals surface area contributed by atoms with Gasteiger partial charge >= 0.3 is 0 Å². The van der Waals surface area contributed by atoms with Crippen LogP contribution in [0.25, 0.3) is 0 Å². The molecule has 132 valence electrons. The first-order valence-corrected chi connectivity index (χ1v) is 8.00. The van der Waals surface area contributed by atoms with Crippen LogP contribution in [0.1, 0.15) is 33.7 Å². The van der Waals surface area contributed by atoms with E-state index < -0.39 is 6.04 Å². The second-order valence-corrected chi connectivity index (χ2v) is 6.81. The molecular formula is C18H23N5O2. The lowest BCUT2D eigenvalue weighted by atomic mass is 9.96. The summed E-state index contributed by atoms with van der Waals surface area (Å²) in [4.78, 5) is 27.9. The third kappa shape index (κ3) is 5.87. The largest absolute Gasteiger partial charge is 0.324 e. The Bertz CT molecular complexity index is 743. The summed E-state index contributed by atoms with van der Waals surface area (Å²) in [5.74, 6) is -0.387. The van der Waals surface area contributed by atoms with Gasteiger partial charge in [-0.05, 0) is 42.7 Å². The first-order chi connectivity index (χ1) is 11.7. The number of amides is 2. The Morgan fingerprint density at radius 2 is 1.72 bits per heavy atom. The SMILES string of the molecule is CC(C(=O)Nc1ccc(NC(=O)C=CC(C)(C)C)cc1)n1cncn1. The van der Waals surface area contributed by atoms with Gasteiger partial charge in [0.1, 0.15) is 18.7 Å². The summed E-state index contributed by atoms with van der Waals surface area (Å²) in [6, 6.07) is 6.46. The lowest BCUT2D eigenvalue weighted by molar-refractivity contribution is -0.119. The average Bonchev–Trinajstić information content (AvgIpc) is 3.08. The van der Waals surface area contributed by atoms with E-state index in [1.165, 1.54) is 23.4 Å². The minimum atomic E-state index is -0.468. The van der Waals surface area contributed by atoms with Crippen LogP contribution in [0.5, 0.6) is 0 Å². The quantitative estimate of drug-likeness (QED) is 0.818. The van der Waals surface area contributed by atoms with Crippen molar-refractivity contribution >= 4 is 23.2 Å². The van der Waals surface area contributed by atoms with Gasteiger partial charge in [0.25, 0.3) is 0 Å². The number of carbonyl (C=O) groups is 2. The van der Waals surface area contributed by atoms with Crippen LogP contribution >= 0.6 is 0 Å². The Morgan fingerprint density at radius 3 is 2.24 bits per heavy atom. The average molecular weight is 341 g/mol. The molecule has 1 aromatic carbocycles. The molecule has 7 heteroatoms. The Labute approximate surface area is 147 Å². The van der Waals surface area contributed by atoms with Gasteiger partial charge in [-0.3, -0.25) is 9.59 Å². The number of anilines is 2. The van der Waals surface area contributed by atoms with Crippen LogP contribution in [0, 0.1) is 5.41 Å². The fraction of sp³-hybridized carbons (Fsp3) is 0.333. The molecule has 1 atom stereocenters. The number of nitrogens with zero attached hydrogens (tertiary/aromatic N) is 3. The van der Waals surface area contributed by atoms with Crippen molar-refractivity contribution in [1.82, 2.24) is 14.8 Å². The highest BCUT2D eigenvalue weighted by Crippen LogP contribution is 2.17. The highest BCUT2D eigenvalue weighted by Gasteiger charge is 2.15. The van der Waals surface area contributed by atoms with Crippen LogP contribution in [0.3, 0.4) is 0 Å². The van der Waals surface area contributed by atoms with Crippen molar-refractivity contribution in [2.45, 2.75) is 33.7 Å². The molecule has 0 aliphatic heterocycles. The molecule has 1 heterocycles. The number of nitrogens with one attached hydrogen (secondary N) is 2. The summed E-state index contributed by atoms with van der Waals surface area (Å²) in [6.45, 7) is 7.80. The van der Waals surface area contributed by atoms with E-state index in [0.29, 0.717) is 11.4 Å². The number of hydrogen-bond acceptors (Lipinski definition) is 4. The molecule has 2 aromatic rings. The van der Waals surface area contributed by atoms with Gasteiger partial charge < -0.3 is 10.6 Å². The maximum absolute atomic E-state index is 12.2. The first-order valence-electron chi connectivity index (χ1n) is 8.00. The molecule has 1 aromatic heterocycles. The lowest BCUT2D eigenvalue weighted by Crippen LogP contribution is -2.24. The third-order valence-electron chi connectivity index (χ3n) is 3.37. The molecule has 2 N–H and O–H groups in total. The van der Waals surface area contributed by atoms with Crippen LogP contribution < -0.4 is 10.6 Å². The molecule has 7 nitrogen and oxygen atoms in total. The van der Waals surface area contributed by atoms with Crippen LogP contribution in [-0.4, -0.2) is 26.6 Å². The van der Waals surface area contributed by atoms with Crippen LogP contribution in [0.15, 0.2) is 49.1 Å². The molecule has 0 saturated carbocycles. The fourth-order valence-electron chi connectivity index (χ4n) is 1.93. The van der Waals surface area contributed by atoms with Crippen molar-refractivity contribution in [2.24, 2.45) is 5.41 Å². The van der Waals surface area contributed by atoms with E-state index in [4.69, 9.17) is 0 Å². The van der Waals surface area contributed by atoms with Gasteiger partial charge in [-0.1, -0.05) is 26.8 Å². The predicted molar refractivity (Wildman–Crippen MR) is 97.0 cm³/mol. The standard InChI is InChI=1S/C18H23N5O2/c1-13(23-12-19-11-20-23)17(25)22-15-7-5-14(6-8-15)21-16(24)9-10-18(2,3)4/h5-13H,1-4H3,(H,21,24)(H,22,25). The van der Waals surface area contributed by atoms with Gasteiger partial charge in [0.15, 0.2) is 0 Å². The Hall–Kier alpha value is -2.96. The minimum absolute atomic E-state index is 0.0493. The number of carbonyl (C=O) groups excluding carboxylic acids is 2. The van der Waals surface area contributed by atoms with Crippen molar-refractivity contribution < 1.29 is 9.59 Å². The zero-order chi connectivity index (χ0) is 18.4. The van der Waals surface area contributed by atoms with E-state index in [1.54, 1.807) is 31.2 Å². The summed E-state index contributed by atoms with van der Waals surface area (Å²) in [7, 11) is 0. The van der Waals surface area contributed by atoms with E-state index in [1.807, 2.05) is 26.8 Å². The number of rotatable bonds is 5. The van der Waals surface area contributed by atoms with E-state index in [-0.39, 0.29) is 17.2 Å². The van der Waals surface area contributed by atoms with Gasteiger partial charge in [-0.15, -0.1) is 0 Å². The van der Waals surface area contributed by atoms with E-state index in [0.717, 1.165) is 0 Å². The van der Waals surface area contributed by atoms with Crippen molar-refractivity contribution in [3.8, 4) is 0 Å². The molecule has 0 radical (unpaired) electrons. The first kappa shape index (κ1) is 18.4. The Morgan fingerprint density at radius 1 is 1.12 bits per heavy atom. The number of allylic oxidation sites excluding steroid dienone is 1. The molecular weight excluding hydrogens is 318 g/mol. The van der Waals surface area contributed by atoms with Gasteiger partial charge in [0.05, 0.1) is 0 Å². The van der Waals surface area contributed by atoms with E-state index in [9.17, 15) is 9.59 Å². The fourth-order valence-corrected chi connectivity index (χ4v) is 1.93. The maximum Gasteiger partial charge on any atom is 0.249 e. The minimum Gasteiger partial charge on any atom is -0.324 e. The second kappa shape index (κ2) is 7.74. The van der Waals surface area contributed by atoms with Gasteiger partial charge in [-0.2, -0.15) is 5.10 Å². The molecule has 0 saturated heterocycles. The summed E-state index contributed by atoms with van der Waals surface area (Å²) < 4.78 is 1.48. The van der Waals surface area contributed by atoms with Crippen LogP contribution in [-0.2, 0) is 9.59 Å². The van der Waals surface area contributed by atoms with Crippen molar-refractivity contribution in [3.63, 3.8) is 0 Å². The lowest BCUT2D eigenvalue weighted by Gasteiger charge is -2.13.